The first kappa shape index (κ1) is 13.5. The van der Waals surface area contributed by atoms with Gasteiger partial charge in [-0.3, -0.25) is 0 Å². The Hall–Kier alpha value is -1.55. The van der Waals surface area contributed by atoms with E-state index < -0.39 is 5.82 Å². The quantitative estimate of drug-likeness (QED) is 0.666. The van der Waals surface area contributed by atoms with E-state index in [0.29, 0.717) is 17.8 Å². The van der Waals surface area contributed by atoms with Gasteiger partial charge in [0, 0.05) is 17.8 Å². The summed E-state index contributed by atoms with van der Waals surface area (Å²) in [4.78, 5) is 11.1. The van der Waals surface area contributed by atoms with Crippen molar-refractivity contribution in [3.05, 3.63) is 40.7 Å². The smallest absolute Gasteiger partial charge is 0.333 e. The maximum Gasteiger partial charge on any atom is 0.333 e. The average Bonchev–Trinajstić information content (AvgIpc) is 2.32. The van der Waals surface area contributed by atoms with Gasteiger partial charge in [0.15, 0.2) is 0 Å². The van der Waals surface area contributed by atoms with Gasteiger partial charge in [-0.15, -0.1) is 0 Å². The van der Waals surface area contributed by atoms with Gasteiger partial charge in [-0.05, 0) is 25.1 Å². The first-order valence-corrected chi connectivity index (χ1v) is 5.36. The molecular weight excluding hydrogens is 245 g/mol. The summed E-state index contributed by atoms with van der Waals surface area (Å²) in [6.45, 7) is 2.05. The highest BCUT2D eigenvalue weighted by atomic mass is 35.5. The lowest BCUT2D eigenvalue weighted by molar-refractivity contribution is -0.136. The Bertz CT molecular complexity index is 446. The summed E-state index contributed by atoms with van der Waals surface area (Å²) in [7, 11) is 1.32. The average molecular weight is 258 g/mol. The van der Waals surface area contributed by atoms with Crippen LogP contribution in [0.2, 0.25) is 5.02 Å². The molecule has 0 fully saturated rings. The summed E-state index contributed by atoms with van der Waals surface area (Å²) in [5.74, 6) is -0.862. The van der Waals surface area contributed by atoms with Crippen LogP contribution in [0.3, 0.4) is 0 Å². The van der Waals surface area contributed by atoms with Gasteiger partial charge in [0.05, 0.1) is 12.1 Å². The fourth-order valence-electron chi connectivity index (χ4n) is 1.17. The molecule has 1 aromatic carbocycles. The van der Waals surface area contributed by atoms with E-state index in [-0.39, 0.29) is 11.0 Å². The molecule has 0 saturated heterocycles. The zero-order chi connectivity index (χ0) is 12.8. The zero-order valence-electron chi connectivity index (χ0n) is 9.59. The first-order chi connectivity index (χ1) is 8.04. The monoisotopic (exact) mass is 257 g/mol. The van der Waals surface area contributed by atoms with E-state index in [0.717, 1.165) is 0 Å². The van der Waals surface area contributed by atoms with Crippen LogP contribution in [0.5, 0.6) is 0 Å². The van der Waals surface area contributed by atoms with E-state index in [1.165, 1.54) is 19.2 Å². The van der Waals surface area contributed by atoms with Crippen LogP contribution in [0.1, 0.15) is 6.92 Å². The number of methoxy groups -OCH3 is 1. The number of carbonyl (C=O) groups excluding carboxylic acids is 1. The number of benzene rings is 1. The number of anilines is 1. The van der Waals surface area contributed by atoms with Crippen LogP contribution in [0.25, 0.3) is 0 Å². The van der Waals surface area contributed by atoms with Crippen molar-refractivity contribution in [3.63, 3.8) is 0 Å². The molecule has 92 valence electrons. The second-order valence-electron chi connectivity index (χ2n) is 3.39. The second-order valence-corrected chi connectivity index (χ2v) is 3.80. The van der Waals surface area contributed by atoms with Crippen molar-refractivity contribution in [3.8, 4) is 0 Å². The Morgan fingerprint density at radius 2 is 2.29 bits per heavy atom. The van der Waals surface area contributed by atoms with E-state index in [1.807, 2.05) is 0 Å². The topological polar surface area (TPSA) is 38.3 Å². The Balaban J connectivity index is 2.56. The van der Waals surface area contributed by atoms with Crippen LogP contribution in [0, 0.1) is 5.82 Å². The molecule has 1 N–H and O–H groups in total. The molecular formula is C12H13ClFNO2. The Labute approximate surface area is 104 Å². The third-order valence-electron chi connectivity index (χ3n) is 2.14. The van der Waals surface area contributed by atoms with Gasteiger partial charge in [0.1, 0.15) is 5.82 Å². The van der Waals surface area contributed by atoms with Gasteiger partial charge >= 0.3 is 5.97 Å². The van der Waals surface area contributed by atoms with E-state index in [9.17, 15) is 9.18 Å². The summed E-state index contributed by atoms with van der Waals surface area (Å²) >= 11 is 5.55. The molecule has 0 unspecified atom stereocenters. The molecule has 5 heteroatoms. The minimum Gasteiger partial charge on any atom is -0.466 e. The molecule has 0 spiro atoms. The highest BCUT2D eigenvalue weighted by Crippen LogP contribution is 2.18. The number of carbonyl (C=O) groups is 1. The molecule has 1 aromatic rings. The van der Waals surface area contributed by atoms with Gasteiger partial charge in [-0.1, -0.05) is 17.7 Å². The number of nitrogens with one attached hydrogen (secondary N) is 1. The standard InChI is InChI=1S/C12H13ClFNO2/c1-8(12(16)17-2)5-6-15-9-3-4-10(13)11(14)7-9/h3-5,7,15H,6H2,1-2H3/b8-5+. The van der Waals surface area contributed by atoms with Crippen molar-refractivity contribution >= 4 is 23.3 Å². The van der Waals surface area contributed by atoms with Crippen LogP contribution >= 0.6 is 11.6 Å². The molecule has 3 nitrogen and oxygen atoms in total. The molecule has 0 amide bonds. The highest BCUT2D eigenvalue weighted by Gasteiger charge is 2.02. The molecule has 0 atom stereocenters. The molecule has 0 radical (unpaired) electrons. The number of halogens is 2. The lowest BCUT2D eigenvalue weighted by atomic mass is 10.2. The van der Waals surface area contributed by atoms with Gasteiger partial charge in [-0.2, -0.15) is 0 Å². The highest BCUT2D eigenvalue weighted by molar-refractivity contribution is 6.30. The lowest BCUT2D eigenvalue weighted by Gasteiger charge is -2.05. The Morgan fingerprint density at radius 3 is 2.88 bits per heavy atom. The fraction of sp³-hybridized carbons (Fsp3) is 0.250. The number of hydrogen-bond acceptors (Lipinski definition) is 3. The number of esters is 1. The van der Waals surface area contributed by atoms with Crippen molar-refractivity contribution in [2.24, 2.45) is 0 Å². The molecule has 0 heterocycles. The number of rotatable bonds is 4. The van der Waals surface area contributed by atoms with Gasteiger partial charge in [0.2, 0.25) is 0 Å². The largest absolute Gasteiger partial charge is 0.466 e. The summed E-state index contributed by atoms with van der Waals surface area (Å²) in [6, 6.07) is 4.42. The maximum atomic E-state index is 13.1. The number of hydrogen-bond donors (Lipinski definition) is 1. The Kier molecular flexibility index (Phi) is 4.97. The van der Waals surface area contributed by atoms with Crippen molar-refractivity contribution in [2.75, 3.05) is 19.0 Å². The Morgan fingerprint density at radius 1 is 1.59 bits per heavy atom. The van der Waals surface area contributed by atoms with Crippen molar-refractivity contribution in [1.29, 1.82) is 0 Å². The molecule has 17 heavy (non-hydrogen) atoms. The molecule has 0 aliphatic heterocycles. The van der Waals surface area contributed by atoms with E-state index in [2.05, 4.69) is 10.1 Å². The van der Waals surface area contributed by atoms with Gasteiger partial charge in [0.25, 0.3) is 0 Å². The van der Waals surface area contributed by atoms with Crippen LogP contribution in [0.4, 0.5) is 10.1 Å². The van der Waals surface area contributed by atoms with Gasteiger partial charge in [-0.25, -0.2) is 9.18 Å². The fourth-order valence-corrected chi connectivity index (χ4v) is 1.29. The van der Waals surface area contributed by atoms with E-state index in [1.54, 1.807) is 19.1 Å². The third kappa shape index (κ3) is 4.07. The van der Waals surface area contributed by atoms with E-state index >= 15 is 0 Å². The van der Waals surface area contributed by atoms with E-state index in [4.69, 9.17) is 11.6 Å². The molecule has 0 aromatic heterocycles. The predicted molar refractivity (Wildman–Crippen MR) is 65.7 cm³/mol. The molecule has 0 bridgehead atoms. The minimum atomic E-state index is -0.481. The van der Waals surface area contributed by atoms with Crippen molar-refractivity contribution in [1.82, 2.24) is 0 Å². The lowest BCUT2D eigenvalue weighted by Crippen LogP contribution is -2.05. The van der Waals surface area contributed by atoms with Crippen LogP contribution in [-0.2, 0) is 9.53 Å². The molecule has 0 aliphatic rings. The maximum absolute atomic E-state index is 13.1. The summed E-state index contributed by atoms with van der Waals surface area (Å²) in [5.41, 5.74) is 1.09. The van der Waals surface area contributed by atoms with Crippen LogP contribution < -0.4 is 5.32 Å². The molecule has 0 saturated carbocycles. The SMILES string of the molecule is COC(=O)/C(C)=C/CNc1ccc(Cl)c(F)c1. The minimum absolute atomic E-state index is 0.0804. The summed E-state index contributed by atoms with van der Waals surface area (Å²) in [6.07, 6.45) is 1.67. The van der Waals surface area contributed by atoms with Crippen LogP contribution in [-0.4, -0.2) is 19.6 Å². The van der Waals surface area contributed by atoms with Crippen molar-refractivity contribution < 1.29 is 13.9 Å². The third-order valence-corrected chi connectivity index (χ3v) is 2.45. The van der Waals surface area contributed by atoms with Crippen LogP contribution in [0.15, 0.2) is 29.8 Å². The zero-order valence-corrected chi connectivity index (χ0v) is 10.3. The number of ether oxygens (including phenoxy) is 1. The second kappa shape index (κ2) is 6.25. The first-order valence-electron chi connectivity index (χ1n) is 4.98. The normalized spacial score (nSPS) is 11.2. The molecule has 0 aliphatic carbocycles. The van der Waals surface area contributed by atoms with Gasteiger partial charge < -0.3 is 10.1 Å². The summed E-state index contributed by atoms with van der Waals surface area (Å²) in [5, 5.41) is 3.02. The predicted octanol–water partition coefficient (Wildman–Crippen LogP) is 3.01. The molecule has 1 rings (SSSR count). The van der Waals surface area contributed by atoms with Crippen molar-refractivity contribution in [2.45, 2.75) is 6.92 Å². The summed E-state index contributed by atoms with van der Waals surface area (Å²) < 4.78 is 17.6.